The lowest BCUT2D eigenvalue weighted by Crippen LogP contribution is -2.52. The van der Waals surface area contributed by atoms with Gasteiger partial charge in [-0.3, -0.25) is 0 Å². The fourth-order valence-electron chi connectivity index (χ4n) is 9.46. The maximum absolute atomic E-state index is 2.75. The Bertz CT molecular complexity index is 558. The van der Waals surface area contributed by atoms with E-state index in [1.807, 2.05) is 0 Å². The molecule has 4 saturated carbocycles. The molecule has 0 aromatic heterocycles. The summed E-state index contributed by atoms with van der Waals surface area (Å²) in [5, 5.41) is 0. The predicted molar refractivity (Wildman–Crippen MR) is 122 cm³/mol. The molecule has 0 saturated heterocycles. The number of fused-ring (bicyclic) bond motifs is 5. The summed E-state index contributed by atoms with van der Waals surface area (Å²) in [5.41, 5.74) is 1.83. The van der Waals surface area contributed by atoms with Gasteiger partial charge in [0.2, 0.25) is 0 Å². The van der Waals surface area contributed by atoms with E-state index in [9.17, 15) is 0 Å². The minimum atomic E-state index is 0.487. The van der Waals surface area contributed by atoms with Crippen LogP contribution >= 0.6 is 0 Å². The molecule has 8 atom stereocenters. The molecular weight excluding hydrogens is 336 g/mol. The zero-order valence-electron chi connectivity index (χ0n) is 20.3. The summed E-state index contributed by atoms with van der Waals surface area (Å²) < 4.78 is 0. The number of hydrogen-bond donors (Lipinski definition) is 0. The second-order valence-corrected chi connectivity index (χ2v) is 13.4. The first-order chi connectivity index (χ1) is 13.1. The van der Waals surface area contributed by atoms with Crippen LogP contribution in [0.15, 0.2) is 0 Å². The highest BCUT2D eigenvalue weighted by molar-refractivity contribution is 5.09. The average Bonchev–Trinajstić information content (AvgIpc) is 2.96. The second kappa shape index (κ2) is 7.30. The molecule has 0 heteroatoms. The van der Waals surface area contributed by atoms with Gasteiger partial charge in [0.15, 0.2) is 0 Å². The van der Waals surface area contributed by atoms with Crippen LogP contribution in [0, 0.1) is 57.7 Å². The molecule has 4 aliphatic rings. The molecule has 4 aliphatic carbocycles. The van der Waals surface area contributed by atoms with E-state index in [4.69, 9.17) is 0 Å². The zero-order chi connectivity index (χ0) is 20.3. The lowest BCUT2D eigenvalue weighted by molar-refractivity contribution is -0.113. The molecule has 4 fully saturated rings. The van der Waals surface area contributed by atoms with Crippen LogP contribution < -0.4 is 0 Å². The molecule has 8 unspecified atom stereocenters. The van der Waals surface area contributed by atoms with E-state index < -0.39 is 0 Å². The second-order valence-electron chi connectivity index (χ2n) is 13.4. The van der Waals surface area contributed by atoms with Gasteiger partial charge in [-0.25, -0.2) is 0 Å². The number of hydrogen-bond acceptors (Lipinski definition) is 0. The van der Waals surface area contributed by atoms with Crippen molar-refractivity contribution in [3.05, 3.63) is 0 Å². The van der Waals surface area contributed by atoms with Crippen molar-refractivity contribution in [2.24, 2.45) is 57.7 Å². The summed E-state index contributed by atoms with van der Waals surface area (Å²) >= 11 is 0. The smallest absolute Gasteiger partial charge is 0.0266 e. The Morgan fingerprint density at radius 3 is 2.21 bits per heavy atom. The van der Waals surface area contributed by atoms with E-state index in [-0.39, 0.29) is 0 Å². The van der Waals surface area contributed by atoms with Gasteiger partial charge in [0.05, 0.1) is 0 Å². The molecule has 4 rings (SSSR count). The van der Waals surface area contributed by atoms with Crippen LogP contribution in [0.25, 0.3) is 0 Å². The van der Waals surface area contributed by atoms with Crippen LogP contribution in [0.1, 0.15) is 119 Å². The van der Waals surface area contributed by atoms with Gasteiger partial charge in [0, 0.05) is 0 Å². The summed E-state index contributed by atoms with van der Waals surface area (Å²) in [6, 6.07) is 0. The Hall–Kier alpha value is 0. The topological polar surface area (TPSA) is 0 Å². The van der Waals surface area contributed by atoms with Crippen LogP contribution in [0.4, 0.5) is 0 Å². The summed E-state index contributed by atoms with van der Waals surface area (Å²) in [7, 11) is 0. The minimum absolute atomic E-state index is 0.487. The Labute approximate surface area is 177 Å². The lowest BCUT2D eigenvalue weighted by Gasteiger charge is -2.61. The molecule has 0 heterocycles. The molecule has 0 aromatic rings. The van der Waals surface area contributed by atoms with E-state index in [0.29, 0.717) is 16.2 Å². The maximum Gasteiger partial charge on any atom is -0.0266 e. The van der Waals surface area contributed by atoms with Gasteiger partial charge in [0.25, 0.3) is 0 Å². The molecule has 28 heavy (non-hydrogen) atoms. The monoisotopic (exact) mass is 386 g/mol. The molecule has 0 nitrogen and oxygen atoms in total. The van der Waals surface area contributed by atoms with Crippen molar-refractivity contribution >= 4 is 0 Å². The van der Waals surface area contributed by atoms with E-state index in [1.165, 1.54) is 32.1 Å². The van der Waals surface area contributed by atoms with Crippen LogP contribution in [0.5, 0.6) is 0 Å². The first-order valence-corrected chi connectivity index (χ1v) is 13.1. The van der Waals surface area contributed by atoms with Crippen LogP contribution in [0.2, 0.25) is 0 Å². The third kappa shape index (κ3) is 3.22. The van der Waals surface area contributed by atoms with Crippen molar-refractivity contribution in [2.45, 2.75) is 119 Å². The molecule has 0 amide bonds. The van der Waals surface area contributed by atoms with Crippen molar-refractivity contribution in [3.8, 4) is 0 Å². The average molecular weight is 387 g/mol. The third-order valence-electron chi connectivity index (χ3n) is 11.8. The molecule has 0 aromatic carbocycles. The quantitative estimate of drug-likeness (QED) is 0.453. The highest BCUT2D eigenvalue weighted by Gasteiger charge is 2.59. The van der Waals surface area contributed by atoms with Crippen molar-refractivity contribution < 1.29 is 0 Å². The Balaban J connectivity index is 1.52. The van der Waals surface area contributed by atoms with Crippen molar-refractivity contribution in [3.63, 3.8) is 0 Å². The predicted octanol–water partition coefficient (Wildman–Crippen LogP) is 8.74. The van der Waals surface area contributed by atoms with Gasteiger partial charge < -0.3 is 0 Å². The molecule has 0 aliphatic heterocycles. The van der Waals surface area contributed by atoms with Gasteiger partial charge in [-0.2, -0.15) is 0 Å². The van der Waals surface area contributed by atoms with Crippen molar-refractivity contribution in [2.75, 3.05) is 0 Å². The van der Waals surface area contributed by atoms with Crippen LogP contribution in [-0.2, 0) is 0 Å². The van der Waals surface area contributed by atoms with Crippen molar-refractivity contribution in [1.82, 2.24) is 0 Å². The Kier molecular flexibility index (Phi) is 5.54. The van der Waals surface area contributed by atoms with E-state index >= 15 is 0 Å². The molecule has 0 N–H and O–H groups in total. The van der Waals surface area contributed by atoms with Gasteiger partial charge >= 0.3 is 0 Å². The van der Waals surface area contributed by atoms with E-state index in [2.05, 4.69) is 48.5 Å². The zero-order valence-corrected chi connectivity index (χ0v) is 20.3. The summed E-state index contributed by atoms with van der Waals surface area (Å²) in [6.45, 7) is 18.0. The summed E-state index contributed by atoms with van der Waals surface area (Å²) in [5.74, 6) is 6.84. The Morgan fingerprint density at radius 2 is 1.50 bits per heavy atom. The fraction of sp³-hybridized carbons (Fsp3) is 1.00. The SMILES string of the molecule is CC(C)C(C)C(C)(C)CC1CCC2C3CCC4CCCCC4(C)C3CCC12C. The molecular formula is C28H50. The molecule has 162 valence electrons. The first kappa shape index (κ1) is 21.2. The van der Waals surface area contributed by atoms with Gasteiger partial charge in [-0.05, 0) is 115 Å². The van der Waals surface area contributed by atoms with E-state index in [1.54, 1.807) is 38.5 Å². The molecule has 0 radical (unpaired) electrons. The highest BCUT2D eigenvalue weighted by Crippen LogP contribution is 2.68. The minimum Gasteiger partial charge on any atom is -0.0625 e. The van der Waals surface area contributed by atoms with E-state index in [0.717, 1.165) is 41.4 Å². The lowest BCUT2D eigenvalue weighted by atomic mass is 9.44. The Morgan fingerprint density at radius 1 is 0.786 bits per heavy atom. The van der Waals surface area contributed by atoms with Crippen LogP contribution in [0.3, 0.4) is 0 Å². The number of rotatable bonds is 4. The van der Waals surface area contributed by atoms with Gasteiger partial charge in [0.1, 0.15) is 0 Å². The standard InChI is InChI=1S/C28H50/c1-19(2)20(3)26(4,5)18-22-12-14-24-23-13-11-21-10-8-9-16-27(21,6)25(23)15-17-28(22,24)7/h19-25H,8-18H2,1-7H3. The summed E-state index contributed by atoms with van der Waals surface area (Å²) in [4.78, 5) is 0. The summed E-state index contributed by atoms with van der Waals surface area (Å²) in [6.07, 6.45) is 16.9. The highest BCUT2D eigenvalue weighted by atomic mass is 14.6. The van der Waals surface area contributed by atoms with Gasteiger partial charge in [-0.1, -0.05) is 61.3 Å². The molecule has 0 spiro atoms. The fourth-order valence-corrected chi connectivity index (χ4v) is 9.46. The van der Waals surface area contributed by atoms with Gasteiger partial charge in [-0.15, -0.1) is 0 Å². The maximum atomic E-state index is 2.75. The molecule has 0 bridgehead atoms. The largest absolute Gasteiger partial charge is 0.0625 e. The van der Waals surface area contributed by atoms with Crippen molar-refractivity contribution in [1.29, 1.82) is 0 Å². The van der Waals surface area contributed by atoms with Crippen LogP contribution in [-0.4, -0.2) is 0 Å². The normalized spacial score (nSPS) is 47.4. The first-order valence-electron chi connectivity index (χ1n) is 13.1. The third-order valence-corrected chi connectivity index (χ3v) is 11.8.